The monoisotopic (exact) mass is 427 g/mol. The van der Waals surface area contributed by atoms with Crippen molar-refractivity contribution >= 4 is 28.4 Å². The number of aromatic nitrogens is 1. The summed E-state index contributed by atoms with van der Waals surface area (Å²) in [6.07, 6.45) is 0.386. The number of fused-ring (bicyclic) bond motifs is 1. The van der Waals surface area contributed by atoms with E-state index >= 15 is 0 Å². The Bertz CT molecular complexity index is 1160. The van der Waals surface area contributed by atoms with E-state index in [1.54, 1.807) is 24.3 Å². The van der Waals surface area contributed by atoms with Gasteiger partial charge in [0.05, 0.1) is 41.5 Å². The van der Waals surface area contributed by atoms with E-state index in [2.05, 4.69) is 0 Å². The van der Waals surface area contributed by atoms with Crippen LogP contribution in [0.2, 0.25) is 0 Å². The number of oxazole rings is 1. The van der Waals surface area contributed by atoms with E-state index in [0.29, 0.717) is 56.1 Å². The van der Waals surface area contributed by atoms with Crippen LogP contribution in [0.3, 0.4) is 0 Å². The molecule has 1 fully saturated rings. The lowest BCUT2D eigenvalue weighted by Crippen LogP contribution is -2.37. The minimum Gasteiger partial charge on any atom is -0.462 e. The number of non-ortho nitro benzene ring substituents is 1. The number of nitro groups is 1. The summed E-state index contributed by atoms with van der Waals surface area (Å²) in [5, 5.41) is 11.2. The lowest BCUT2D eigenvalue weighted by molar-refractivity contribution is -0.384. The molecule has 3 aromatic rings. The van der Waals surface area contributed by atoms with Crippen molar-refractivity contribution < 1.29 is 23.6 Å². The molecule has 0 N–H and O–H groups in total. The van der Waals surface area contributed by atoms with E-state index in [0.717, 1.165) is 0 Å². The summed E-state index contributed by atoms with van der Waals surface area (Å²) in [5.41, 5.74) is 1.71. The minimum atomic E-state index is -0.644. The van der Waals surface area contributed by atoms with Gasteiger partial charge in [0.1, 0.15) is 0 Å². The molecule has 0 unspecified atom stereocenters. The number of ether oxygens (including phenoxy) is 2. The molecule has 1 saturated heterocycles. The zero-order valence-corrected chi connectivity index (χ0v) is 16.7. The standard InChI is InChI=1S/C21H21N3O7/c25-20(30-11-3-8-23-18-4-1-2-5-19(18)31-21(23)26)16-14-15(24(27)28)6-7-17(16)22-9-12-29-13-10-22/h1-2,4-7,14H,3,8-13H2. The first kappa shape index (κ1) is 20.6. The van der Waals surface area contributed by atoms with Gasteiger partial charge in [-0.1, -0.05) is 12.1 Å². The van der Waals surface area contributed by atoms with Crippen molar-refractivity contribution in [3.05, 3.63) is 68.7 Å². The Balaban J connectivity index is 1.45. The second kappa shape index (κ2) is 9.00. The molecule has 1 aliphatic heterocycles. The average Bonchev–Trinajstić information content (AvgIpc) is 3.11. The Labute approximate surface area is 176 Å². The molecule has 1 aromatic heterocycles. The predicted molar refractivity (Wildman–Crippen MR) is 112 cm³/mol. The van der Waals surface area contributed by atoms with Crippen molar-refractivity contribution in [2.45, 2.75) is 13.0 Å². The SMILES string of the molecule is O=C(OCCCn1c(=O)oc2ccccc21)c1cc([N+](=O)[O-])ccc1N1CCOCC1. The van der Waals surface area contributed by atoms with Gasteiger partial charge < -0.3 is 18.8 Å². The smallest absolute Gasteiger partial charge is 0.419 e. The van der Waals surface area contributed by atoms with Crippen molar-refractivity contribution in [2.24, 2.45) is 0 Å². The minimum absolute atomic E-state index is 0.0516. The number of para-hydroxylation sites is 2. The van der Waals surface area contributed by atoms with E-state index in [1.807, 2.05) is 11.0 Å². The fraction of sp³-hybridized carbons (Fsp3) is 0.333. The number of hydrogen-bond acceptors (Lipinski definition) is 8. The van der Waals surface area contributed by atoms with Gasteiger partial charge in [-0.15, -0.1) is 0 Å². The molecule has 4 rings (SSSR count). The molecule has 0 amide bonds. The summed E-state index contributed by atoms with van der Waals surface area (Å²) in [5.74, 6) is -1.12. The number of rotatable bonds is 7. The first-order valence-electron chi connectivity index (χ1n) is 9.91. The van der Waals surface area contributed by atoms with E-state index in [9.17, 15) is 19.7 Å². The van der Waals surface area contributed by atoms with Gasteiger partial charge in [0, 0.05) is 31.8 Å². The number of anilines is 1. The molecule has 0 saturated carbocycles. The molecule has 162 valence electrons. The third-order valence-corrected chi connectivity index (χ3v) is 5.10. The van der Waals surface area contributed by atoms with Crippen LogP contribution in [0.4, 0.5) is 11.4 Å². The fourth-order valence-electron chi connectivity index (χ4n) is 3.57. The van der Waals surface area contributed by atoms with Crippen LogP contribution >= 0.6 is 0 Å². The van der Waals surface area contributed by atoms with Crippen LogP contribution < -0.4 is 10.7 Å². The van der Waals surface area contributed by atoms with Gasteiger partial charge in [0.2, 0.25) is 0 Å². The average molecular weight is 427 g/mol. The fourth-order valence-corrected chi connectivity index (χ4v) is 3.57. The summed E-state index contributed by atoms with van der Waals surface area (Å²) in [4.78, 5) is 37.3. The van der Waals surface area contributed by atoms with Gasteiger partial charge >= 0.3 is 11.7 Å². The number of carbonyl (C=O) groups excluding carboxylic acids is 1. The van der Waals surface area contributed by atoms with Crippen LogP contribution in [-0.4, -0.2) is 48.4 Å². The Hall–Kier alpha value is -3.66. The molecule has 1 aliphatic rings. The van der Waals surface area contributed by atoms with Crippen LogP contribution in [0.25, 0.3) is 11.1 Å². The zero-order chi connectivity index (χ0) is 21.8. The molecule has 0 atom stereocenters. The number of benzene rings is 2. The van der Waals surface area contributed by atoms with E-state index in [4.69, 9.17) is 13.9 Å². The van der Waals surface area contributed by atoms with Gasteiger partial charge in [0.25, 0.3) is 5.69 Å². The molecule has 0 spiro atoms. The predicted octanol–water partition coefficient (Wildman–Crippen LogP) is 2.59. The van der Waals surface area contributed by atoms with Crippen LogP contribution in [0.15, 0.2) is 51.7 Å². The normalized spacial score (nSPS) is 14.0. The summed E-state index contributed by atoms with van der Waals surface area (Å²) < 4.78 is 17.4. The van der Waals surface area contributed by atoms with Gasteiger partial charge in [-0.05, 0) is 24.6 Å². The first-order valence-corrected chi connectivity index (χ1v) is 9.91. The highest BCUT2D eigenvalue weighted by Gasteiger charge is 2.23. The molecular formula is C21H21N3O7. The van der Waals surface area contributed by atoms with Crippen molar-refractivity contribution in [1.29, 1.82) is 0 Å². The molecule has 31 heavy (non-hydrogen) atoms. The molecule has 0 bridgehead atoms. The lowest BCUT2D eigenvalue weighted by atomic mass is 10.1. The van der Waals surface area contributed by atoms with Crippen molar-refractivity contribution in [3.8, 4) is 0 Å². The number of morpholine rings is 1. The number of nitro benzene ring substituents is 1. The van der Waals surface area contributed by atoms with Crippen LogP contribution in [-0.2, 0) is 16.0 Å². The Morgan fingerprint density at radius 2 is 1.94 bits per heavy atom. The largest absolute Gasteiger partial charge is 0.462 e. The molecule has 2 heterocycles. The summed E-state index contributed by atoms with van der Waals surface area (Å²) >= 11 is 0. The van der Waals surface area contributed by atoms with Crippen LogP contribution in [0.5, 0.6) is 0 Å². The van der Waals surface area contributed by atoms with Crippen molar-refractivity contribution in [1.82, 2.24) is 4.57 Å². The highest BCUT2D eigenvalue weighted by Crippen LogP contribution is 2.27. The van der Waals surface area contributed by atoms with Crippen molar-refractivity contribution in [2.75, 3.05) is 37.8 Å². The van der Waals surface area contributed by atoms with E-state index in [1.165, 1.54) is 16.7 Å². The molecule has 0 aliphatic carbocycles. The van der Waals surface area contributed by atoms with Gasteiger partial charge in [-0.3, -0.25) is 14.7 Å². The van der Waals surface area contributed by atoms with Gasteiger partial charge in [-0.25, -0.2) is 9.59 Å². The number of carbonyl (C=O) groups is 1. The molecule has 0 radical (unpaired) electrons. The lowest BCUT2D eigenvalue weighted by Gasteiger charge is -2.30. The zero-order valence-electron chi connectivity index (χ0n) is 16.7. The number of esters is 1. The maximum absolute atomic E-state index is 12.7. The van der Waals surface area contributed by atoms with Crippen LogP contribution in [0, 0.1) is 10.1 Å². The summed E-state index contributed by atoms with van der Waals surface area (Å²) in [6, 6.07) is 11.3. The van der Waals surface area contributed by atoms with Crippen LogP contribution in [0.1, 0.15) is 16.8 Å². The highest BCUT2D eigenvalue weighted by atomic mass is 16.6. The van der Waals surface area contributed by atoms with Gasteiger partial charge in [-0.2, -0.15) is 0 Å². The first-order chi connectivity index (χ1) is 15.0. The number of aryl methyl sites for hydroxylation is 1. The Morgan fingerprint density at radius 3 is 2.71 bits per heavy atom. The third kappa shape index (κ3) is 4.43. The Morgan fingerprint density at radius 1 is 1.16 bits per heavy atom. The maximum Gasteiger partial charge on any atom is 0.419 e. The number of nitrogens with zero attached hydrogens (tertiary/aromatic N) is 3. The molecular weight excluding hydrogens is 406 g/mol. The van der Waals surface area contributed by atoms with E-state index in [-0.39, 0.29) is 17.9 Å². The second-order valence-corrected chi connectivity index (χ2v) is 7.03. The van der Waals surface area contributed by atoms with E-state index < -0.39 is 16.6 Å². The quantitative estimate of drug-likeness (QED) is 0.244. The molecule has 10 nitrogen and oxygen atoms in total. The second-order valence-electron chi connectivity index (χ2n) is 7.03. The molecule has 10 heteroatoms. The topological polar surface area (TPSA) is 117 Å². The summed E-state index contributed by atoms with van der Waals surface area (Å²) in [6.45, 7) is 2.55. The maximum atomic E-state index is 12.7. The molecule has 2 aromatic carbocycles. The van der Waals surface area contributed by atoms with Gasteiger partial charge in [0.15, 0.2) is 5.58 Å². The Kier molecular flexibility index (Phi) is 5.99. The summed E-state index contributed by atoms with van der Waals surface area (Å²) in [7, 11) is 0. The third-order valence-electron chi connectivity index (χ3n) is 5.10. The number of hydrogen-bond donors (Lipinski definition) is 0. The van der Waals surface area contributed by atoms with Crippen molar-refractivity contribution in [3.63, 3.8) is 0 Å². The highest BCUT2D eigenvalue weighted by molar-refractivity contribution is 5.96.